The quantitative estimate of drug-likeness (QED) is 0.273. The number of carbonyl (C=O) groups is 1. The van der Waals surface area contributed by atoms with E-state index >= 15 is 0 Å². The van der Waals surface area contributed by atoms with Crippen LogP contribution in [0.5, 0.6) is 17.2 Å². The van der Waals surface area contributed by atoms with Crippen molar-refractivity contribution in [2.24, 2.45) is 0 Å². The number of aliphatic hydroxyl groups excluding tert-OH is 3. The lowest BCUT2D eigenvalue weighted by Gasteiger charge is -2.38. The fourth-order valence-corrected chi connectivity index (χ4v) is 2.29. The molecule has 2 rings (SSSR count). The van der Waals surface area contributed by atoms with E-state index in [1.54, 1.807) is 0 Å². The molecule has 5 atom stereocenters. The van der Waals surface area contributed by atoms with E-state index in [2.05, 4.69) is 0 Å². The third kappa shape index (κ3) is 4.20. The van der Waals surface area contributed by atoms with Gasteiger partial charge >= 0.3 is 5.97 Å². The van der Waals surface area contributed by atoms with Gasteiger partial charge in [-0.2, -0.15) is 0 Å². The molecule has 0 aromatic heterocycles. The van der Waals surface area contributed by atoms with Gasteiger partial charge in [-0.3, -0.25) is 0 Å². The monoisotopic (exact) mass is 356 g/mol. The molecule has 1 aromatic carbocycles. The van der Waals surface area contributed by atoms with E-state index < -0.39 is 48.2 Å². The Morgan fingerprint density at radius 3 is 2.48 bits per heavy atom. The molecule has 1 aliphatic rings. The van der Waals surface area contributed by atoms with Crippen LogP contribution in [0.1, 0.15) is 12.5 Å². The molecule has 0 amide bonds. The first-order valence-corrected chi connectivity index (χ1v) is 7.43. The van der Waals surface area contributed by atoms with Crippen LogP contribution in [-0.2, 0) is 14.3 Å². The zero-order valence-corrected chi connectivity index (χ0v) is 13.6. The lowest BCUT2D eigenvalue weighted by molar-refractivity contribution is -0.283. The van der Waals surface area contributed by atoms with Crippen molar-refractivity contribution in [2.45, 2.75) is 37.6 Å². The molecule has 0 saturated carbocycles. The highest BCUT2D eigenvalue weighted by atomic mass is 16.7. The van der Waals surface area contributed by atoms with Crippen LogP contribution in [0.3, 0.4) is 0 Å². The second-order valence-electron chi connectivity index (χ2n) is 5.54. The minimum absolute atomic E-state index is 0.0185. The maximum Gasteiger partial charge on any atom is 0.333 e. The minimum Gasteiger partial charge on any atom is -0.504 e. The summed E-state index contributed by atoms with van der Waals surface area (Å²) in [6.07, 6.45) is -4.39. The summed E-state index contributed by atoms with van der Waals surface area (Å²) in [6.45, 7) is 1.46. The molecule has 1 unspecified atom stereocenters. The van der Waals surface area contributed by atoms with E-state index in [9.17, 15) is 30.3 Å². The molecule has 25 heavy (non-hydrogen) atoms. The number of methoxy groups -OCH3 is 1. The van der Waals surface area contributed by atoms with Crippen molar-refractivity contribution < 1.29 is 44.5 Å². The second kappa shape index (κ2) is 7.70. The first-order chi connectivity index (χ1) is 11.7. The van der Waals surface area contributed by atoms with Gasteiger partial charge in [0.1, 0.15) is 18.3 Å². The Morgan fingerprint density at radius 2 is 1.84 bits per heavy atom. The molecular weight excluding hydrogens is 336 g/mol. The van der Waals surface area contributed by atoms with Crippen molar-refractivity contribution in [3.63, 3.8) is 0 Å². The van der Waals surface area contributed by atoms with Gasteiger partial charge in [-0.05, 0) is 30.7 Å². The highest BCUT2D eigenvalue weighted by Crippen LogP contribution is 2.36. The number of phenolic OH excluding ortho intramolecular Hbond substituents is 2. The third-order valence-corrected chi connectivity index (χ3v) is 3.75. The Hall–Kier alpha value is -2.33. The van der Waals surface area contributed by atoms with Crippen LogP contribution in [0.15, 0.2) is 18.2 Å². The third-order valence-electron chi connectivity index (χ3n) is 3.75. The van der Waals surface area contributed by atoms with Gasteiger partial charge in [0.05, 0.1) is 13.2 Å². The summed E-state index contributed by atoms with van der Waals surface area (Å²) in [7, 11) is 1.30. The zero-order valence-electron chi connectivity index (χ0n) is 13.6. The molecule has 0 bridgehead atoms. The van der Waals surface area contributed by atoms with Crippen LogP contribution < -0.4 is 4.74 Å². The molecule has 1 aliphatic heterocycles. The Balaban J connectivity index is 2.05. The van der Waals surface area contributed by atoms with Gasteiger partial charge in [0.2, 0.25) is 12.0 Å². The molecule has 0 radical (unpaired) electrons. The van der Waals surface area contributed by atoms with Crippen molar-refractivity contribution >= 4 is 12.0 Å². The lowest BCUT2D eigenvalue weighted by Crippen LogP contribution is -2.57. The average Bonchev–Trinajstić information content (AvgIpc) is 2.58. The Morgan fingerprint density at radius 1 is 1.16 bits per heavy atom. The summed E-state index contributed by atoms with van der Waals surface area (Å²) in [6, 6.07) is 2.59. The minimum atomic E-state index is -1.60. The molecule has 1 fully saturated rings. The molecule has 1 aromatic rings. The SMILES string of the molecule is COc1cc(C=CC(=O)OC2O[C@H](C)[C@@H](O)[C@H](O)[C@@H]2O)cc(O)c1O. The van der Waals surface area contributed by atoms with Crippen molar-refractivity contribution in [1.29, 1.82) is 0 Å². The molecule has 138 valence electrons. The van der Waals surface area contributed by atoms with Gasteiger partial charge in [-0.1, -0.05) is 0 Å². The fraction of sp³-hybridized carbons (Fsp3) is 0.438. The Kier molecular flexibility index (Phi) is 5.85. The summed E-state index contributed by atoms with van der Waals surface area (Å²) < 4.78 is 14.9. The summed E-state index contributed by atoms with van der Waals surface area (Å²) in [4.78, 5) is 11.8. The molecule has 5 N–H and O–H groups in total. The van der Waals surface area contributed by atoms with Gasteiger partial charge in [0.25, 0.3) is 0 Å². The Bertz CT molecular complexity index is 657. The number of hydrogen-bond acceptors (Lipinski definition) is 9. The van der Waals surface area contributed by atoms with Crippen molar-refractivity contribution in [1.82, 2.24) is 0 Å². The topological polar surface area (TPSA) is 146 Å². The van der Waals surface area contributed by atoms with Crippen LogP contribution in [0.4, 0.5) is 0 Å². The number of carbonyl (C=O) groups excluding carboxylic acids is 1. The van der Waals surface area contributed by atoms with Gasteiger partial charge in [0.15, 0.2) is 11.5 Å². The molecule has 9 heteroatoms. The van der Waals surface area contributed by atoms with Crippen LogP contribution in [-0.4, -0.2) is 69.3 Å². The van der Waals surface area contributed by atoms with E-state index in [1.165, 1.54) is 32.2 Å². The maximum absolute atomic E-state index is 11.8. The van der Waals surface area contributed by atoms with Crippen molar-refractivity contribution in [3.8, 4) is 17.2 Å². The van der Waals surface area contributed by atoms with Gasteiger partial charge < -0.3 is 39.7 Å². The van der Waals surface area contributed by atoms with Crippen molar-refractivity contribution in [2.75, 3.05) is 7.11 Å². The number of aromatic hydroxyl groups is 2. The largest absolute Gasteiger partial charge is 0.504 e. The first-order valence-electron chi connectivity index (χ1n) is 7.43. The van der Waals surface area contributed by atoms with Gasteiger partial charge in [-0.15, -0.1) is 0 Å². The highest BCUT2D eigenvalue weighted by molar-refractivity contribution is 5.87. The predicted molar refractivity (Wildman–Crippen MR) is 83.8 cm³/mol. The van der Waals surface area contributed by atoms with E-state index in [0.717, 1.165) is 6.08 Å². The zero-order chi connectivity index (χ0) is 18.7. The number of hydrogen-bond donors (Lipinski definition) is 5. The lowest BCUT2D eigenvalue weighted by atomic mass is 10.0. The number of benzene rings is 1. The molecule has 9 nitrogen and oxygen atoms in total. The summed E-state index contributed by atoms with van der Waals surface area (Å²) in [5.41, 5.74) is 0.345. The van der Waals surface area contributed by atoms with Crippen LogP contribution in [0.25, 0.3) is 6.08 Å². The number of rotatable bonds is 4. The smallest absolute Gasteiger partial charge is 0.333 e. The van der Waals surface area contributed by atoms with E-state index in [4.69, 9.17) is 14.2 Å². The van der Waals surface area contributed by atoms with E-state index in [1.807, 2.05) is 0 Å². The first kappa shape index (κ1) is 19.0. The molecule has 0 aliphatic carbocycles. The molecular formula is C16H20O9. The standard InChI is InChI=1S/C16H20O9/c1-7-12(19)14(21)15(22)16(24-7)25-11(18)4-3-8-5-9(17)13(20)10(6-8)23-2/h3-7,12,14-17,19-22H,1-2H3/t7-,12-,14+,15+,16?/m1/s1. The van der Waals surface area contributed by atoms with E-state index in [0.29, 0.717) is 5.56 Å². The van der Waals surface area contributed by atoms with Crippen LogP contribution in [0, 0.1) is 0 Å². The van der Waals surface area contributed by atoms with Crippen LogP contribution in [0.2, 0.25) is 0 Å². The normalized spacial score (nSPS) is 29.6. The summed E-state index contributed by atoms with van der Waals surface area (Å²) >= 11 is 0. The molecule has 0 spiro atoms. The molecule has 1 saturated heterocycles. The van der Waals surface area contributed by atoms with Crippen LogP contribution >= 0.6 is 0 Å². The second-order valence-corrected chi connectivity index (χ2v) is 5.54. The van der Waals surface area contributed by atoms with Crippen molar-refractivity contribution in [3.05, 3.63) is 23.8 Å². The number of esters is 1. The summed E-state index contributed by atoms with van der Waals surface area (Å²) in [5, 5.41) is 48.1. The maximum atomic E-state index is 11.8. The van der Waals surface area contributed by atoms with Gasteiger partial charge in [-0.25, -0.2) is 4.79 Å². The molecule has 1 heterocycles. The number of aliphatic hydroxyl groups is 3. The average molecular weight is 356 g/mol. The van der Waals surface area contributed by atoms with E-state index in [-0.39, 0.29) is 5.75 Å². The fourth-order valence-electron chi connectivity index (χ4n) is 2.29. The number of phenols is 2. The predicted octanol–water partition coefficient (Wildman–Crippen LogP) is -0.510. The highest BCUT2D eigenvalue weighted by Gasteiger charge is 2.43. The number of ether oxygens (including phenoxy) is 3. The Labute approximate surface area is 143 Å². The van der Waals surface area contributed by atoms with Gasteiger partial charge in [0, 0.05) is 6.08 Å². The summed E-state index contributed by atoms with van der Waals surface area (Å²) in [5.74, 6) is -1.72.